The van der Waals surface area contributed by atoms with Crippen molar-refractivity contribution in [3.63, 3.8) is 0 Å². The van der Waals surface area contributed by atoms with Gasteiger partial charge in [0.1, 0.15) is 0 Å². The van der Waals surface area contributed by atoms with Gasteiger partial charge in [-0.1, -0.05) is 77.6 Å². The summed E-state index contributed by atoms with van der Waals surface area (Å²) in [6.07, 6.45) is 11.8. The molecule has 0 saturated carbocycles. The van der Waals surface area contributed by atoms with Gasteiger partial charge in [-0.15, -0.1) is 12.4 Å². The van der Waals surface area contributed by atoms with Crippen LogP contribution in [0.2, 0.25) is 0 Å². The maximum atomic E-state index is 10.2. The van der Waals surface area contributed by atoms with Gasteiger partial charge in [0.15, 0.2) is 0 Å². The van der Waals surface area contributed by atoms with Gasteiger partial charge < -0.3 is 25.7 Å². The van der Waals surface area contributed by atoms with Crippen LogP contribution in [0.5, 0.6) is 0 Å². The Morgan fingerprint density at radius 3 is 1.72 bits per heavy atom. The molecule has 5 N–H and O–H groups in total. The molecule has 1 heterocycles. The summed E-state index contributed by atoms with van der Waals surface area (Å²) >= 11 is 0. The fourth-order valence-electron chi connectivity index (χ4n) is 3.59. The first-order chi connectivity index (χ1) is 11.6. The summed E-state index contributed by atoms with van der Waals surface area (Å²) in [5, 5.41) is 41.9. The summed E-state index contributed by atoms with van der Waals surface area (Å²) in [7, 11) is 0. The van der Waals surface area contributed by atoms with E-state index in [-0.39, 0.29) is 19.0 Å². The van der Waals surface area contributed by atoms with Crippen LogP contribution in [-0.4, -0.2) is 57.4 Å². The summed E-state index contributed by atoms with van der Waals surface area (Å²) in [6.45, 7) is 2.01. The average Bonchev–Trinajstić information content (AvgIpc) is 2.87. The van der Waals surface area contributed by atoms with Crippen molar-refractivity contribution in [3.8, 4) is 0 Å². The zero-order chi connectivity index (χ0) is 17.8. The Hall–Kier alpha value is 0.0900. The molecule has 0 aromatic carbocycles. The van der Waals surface area contributed by atoms with Crippen molar-refractivity contribution in [1.82, 2.24) is 5.32 Å². The topological polar surface area (TPSA) is 93.0 Å². The molecule has 0 spiro atoms. The van der Waals surface area contributed by atoms with E-state index < -0.39 is 30.4 Å². The minimum Gasteiger partial charge on any atom is -0.395 e. The van der Waals surface area contributed by atoms with Gasteiger partial charge in [0.2, 0.25) is 0 Å². The van der Waals surface area contributed by atoms with E-state index in [1.54, 1.807) is 0 Å². The molecular formula is C19H40ClNO4. The van der Waals surface area contributed by atoms with Crippen LogP contribution in [0.15, 0.2) is 0 Å². The molecule has 0 bridgehead atoms. The van der Waals surface area contributed by atoms with Gasteiger partial charge in [-0.25, -0.2) is 0 Å². The first kappa shape index (κ1) is 25.1. The van der Waals surface area contributed by atoms with Gasteiger partial charge in [0.25, 0.3) is 0 Å². The Morgan fingerprint density at radius 1 is 0.800 bits per heavy atom. The van der Waals surface area contributed by atoms with Crippen LogP contribution < -0.4 is 5.32 Å². The molecule has 152 valence electrons. The molecule has 1 fully saturated rings. The number of hydrogen-bond donors (Lipinski definition) is 5. The van der Waals surface area contributed by atoms with E-state index in [9.17, 15) is 15.3 Å². The Balaban J connectivity index is 0.00000576. The van der Waals surface area contributed by atoms with Crippen molar-refractivity contribution in [2.45, 2.75) is 114 Å². The van der Waals surface area contributed by atoms with Crippen LogP contribution in [-0.2, 0) is 0 Å². The van der Waals surface area contributed by atoms with E-state index >= 15 is 0 Å². The van der Waals surface area contributed by atoms with Crippen LogP contribution in [0.4, 0.5) is 0 Å². The number of rotatable bonds is 14. The Bertz CT molecular complexity index is 309. The number of aliphatic hydroxyl groups is 4. The molecule has 0 aliphatic carbocycles. The highest BCUT2D eigenvalue weighted by Crippen LogP contribution is 2.20. The molecule has 0 aromatic rings. The third-order valence-electron chi connectivity index (χ3n) is 5.25. The number of nitrogens with one attached hydrogen (secondary N) is 1. The van der Waals surface area contributed by atoms with E-state index in [0.717, 1.165) is 12.8 Å². The van der Waals surface area contributed by atoms with Gasteiger partial charge in [0, 0.05) is 0 Å². The summed E-state index contributed by atoms with van der Waals surface area (Å²) in [5.41, 5.74) is 0. The summed E-state index contributed by atoms with van der Waals surface area (Å²) in [6, 6.07) is -1.09. The zero-order valence-electron chi connectivity index (χ0n) is 15.8. The summed E-state index contributed by atoms with van der Waals surface area (Å²) in [4.78, 5) is 0. The second kappa shape index (κ2) is 15.2. The van der Waals surface area contributed by atoms with E-state index in [1.165, 1.54) is 57.8 Å². The Morgan fingerprint density at radius 2 is 1.28 bits per heavy atom. The molecular weight excluding hydrogens is 342 g/mol. The van der Waals surface area contributed by atoms with Crippen molar-refractivity contribution in [2.75, 3.05) is 6.61 Å². The van der Waals surface area contributed by atoms with Crippen LogP contribution in [0, 0.1) is 0 Å². The summed E-state index contributed by atoms with van der Waals surface area (Å²) in [5.74, 6) is 0. The molecule has 5 nitrogen and oxygen atoms in total. The lowest BCUT2D eigenvalue weighted by Gasteiger charge is -2.22. The highest BCUT2D eigenvalue weighted by atomic mass is 35.5. The van der Waals surface area contributed by atoms with Crippen molar-refractivity contribution in [1.29, 1.82) is 0 Å². The van der Waals surface area contributed by atoms with E-state index in [2.05, 4.69) is 12.2 Å². The number of hydrogen-bond acceptors (Lipinski definition) is 5. The lowest BCUT2D eigenvalue weighted by molar-refractivity contribution is -0.00443. The van der Waals surface area contributed by atoms with Gasteiger partial charge in [0.05, 0.1) is 37.0 Å². The lowest BCUT2D eigenvalue weighted by atomic mass is 9.98. The molecule has 1 aliphatic rings. The minimum atomic E-state index is -1.01. The molecule has 0 amide bonds. The monoisotopic (exact) mass is 381 g/mol. The van der Waals surface area contributed by atoms with Gasteiger partial charge in [-0.3, -0.25) is 0 Å². The van der Waals surface area contributed by atoms with Crippen LogP contribution >= 0.6 is 12.4 Å². The second-order valence-electron chi connectivity index (χ2n) is 7.35. The van der Waals surface area contributed by atoms with Gasteiger partial charge >= 0.3 is 0 Å². The maximum Gasteiger partial charge on any atom is 0.0993 e. The largest absolute Gasteiger partial charge is 0.395 e. The van der Waals surface area contributed by atoms with Crippen molar-refractivity contribution < 1.29 is 20.4 Å². The zero-order valence-corrected chi connectivity index (χ0v) is 16.6. The first-order valence-corrected chi connectivity index (χ1v) is 10.0. The fraction of sp³-hybridized carbons (Fsp3) is 1.00. The second-order valence-corrected chi connectivity index (χ2v) is 7.35. The lowest BCUT2D eigenvalue weighted by Crippen LogP contribution is -2.44. The van der Waals surface area contributed by atoms with Gasteiger partial charge in [-0.05, 0) is 6.42 Å². The standard InChI is InChI=1S/C19H39NO4.ClH/c1-2-3-4-5-6-7-8-9-10-11-12-13-16(22)17-19(24)18(23)15(14-21)20-17;/h15-24H,2-14H2,1H3;1H/t15-,16+,17-,18-,19-;/m0./s1. The first-order valence-electron chi connectivity index (χ1n) is 10.0. The number of halogens is 1. The quantitative estimate of drug-likeness (QED) is 0.298. The van der Waals surface area contributed by atoms with E-state index in [1.807, 2.05) is 0 Å². The predicted octanol–water partition coefficient (Wildman–Crippen LogP) is 2.52. The molecule has 1 rings (SSSR count). The molecule has 6 heteroatoms. The maximum absolute atomic E-state index is 10.2. The van der Waals surface area contributed by atoms with Gasteiger partial charge in [-0.2, -0.15) is 0 Å². The normalized spacial score (nSPS) is 27.2. The smallest absolute Gasteiger partial charge is 0.0993 e. The molecule has 25 heavy (non-hydrogen) atoms. The molecule has 0 unspecified atom stereocenters. The highest BCUT2D eigenvalue weighted by Gasteiger charge is 2.43. The van der Waals surface area contributed by atoms with Crippen LogP contribution in [0.25, 0.3) is 0 Å². The molecule has 0 aromatic heterocycles. The molecule has 5 atom stereocenters. The Kier molecular flexibility index (Phi) is 15.2. The van der Waals surface area contributed by atoms with E-state index in [4.69, 9.17) is 5.11 Å². The van der Waals surface area contributed by atoms with Crippen LogP contribution in [0.1, 0.15) is 84.0 Å². The van der Waals surface area contributed by atoms with Crippen molar-refractivity contribution in [3.05, 3.63) is 0 Å². The van der Waals surface area contributed by atoms with Crippen molar-refractivity contribution in [2.24, 2.45) is 0 Å². The fourth-order valence-corrected chi connectivity index (χ4v) is 3.59. The molecule has 0 radical (unpaired) electrons. The third kappa shape index (κ3) is 9.55. The Labute approximate surface area is 159 Å². The number of aliphatic hydroxyl groups excluding tert-OH is 4. The predicted molar refractivity (Wildman–Crippen MR) is 104 cm³/mol. The molecule has 1 aliphatic heterocycles. The SMILES string of the molecule is CCCCCCCCCCCCC[C@@H](O)[C@@H]1N[C@@H](CO)[C@H](O)[C@H]1O.Cl. The minimum absolute atomic E-state index is 0. The highest BCUT2D eigenvalue weighted by molar-refractivity contribution is 5.85. The van der Waals surface area contributed by atoms with Crippen LogP contribution in [0.3, 0.4) is 0 Å². The van der Waals surface area contributed by atoms with Crippen molar-refractivity contribution >= 4 is 12.4 Å². The average molecular weight is 382 g/mol. The van der Waals surface area contributed by atoms with E-state index in [0.29, 0.717) is 6.42 Å². The number of unbranched alkanes of at least 4 members (excludes halogenated alkanes) is 10. The summed E-state index contributed by atoms with van der Waals surface area (Å²) < 4.78 is 0. The molecule has 1 saturated heterocycles. The third-order valence-corrected chi connectivity index (χ3v) is 5.25.